The number of nitrogens with one attached hydrogen (secondary N) is 1. The van der Waals surface area contributed by atoms with E-state index in [9.17, 15) is 9.59 Å². The molecule has 1 aliphatic heterocycles. The number of aryl methyl sites for hydroxylation is 1. The lowest BCUT2D eigenvalue weighted by atomic mass is 10.1. The second-order valence-electron chi connectivity index (χ2n) is 6.90. The van der Waals surface area contributed by atoms with Gasteiger partial charge in [-0.3, -0.25) is 14.6 Å². The summed E-state index contributed by atoms with van der Waals surface area (Å²) in [6.07, 6.45) is 3.59. The van der Waals surface area contributed by atoms with Crippen LogP contribution in [0.4, 0.5) is 0 Å². The van der Waals surface area contributed by atoms with E-state index in [1.54, 1.807) is 18.3 Å². The Hall–Kier alpha value is -2.63. The molecular weight excluding hydrogens is 316 g/mol. The summed E-state index contributed by atoms with van der Waals surface area (Å²) in [5.74, 6) is 0.242. The normalized spacial score (nSPS) is 16.9. The standard InChI is InChI=1S/C19H24N4O2/c1-13(2)11-23-15(12-22-9-5-7-17(22)19(23)25)10-21-18(24)16-6-4-8-20-14(16)3/h4-9,13,15H,10-12H2,1-3H3,(H,21,24). The van der Waals surface area contributed by atoms with Crippen molar-refractivity contribution in [1.29, 1.82) is 0 Å². The maximum Gasteiger partial charge on any atom is 0.270 e. The Balaban J connectivity index is 1.74. The molecule has 0 aromatic carbocycles. The molecule has 0 saturated carbocycles. The first kappa shape index (κ1) is 17.2. The van der Waals surface area contributed by atoms with E-state index < -0.39 is 0 Å². The average Bonchev–Trinajstić information content (AvgIpc) is 3.04. The van der Waals surface area contributed by atoms with Crippen molar-refractivity contribution in [2.75, 3.05) is 13.1 Å². The van der Waals surface area contributed by atoms with Gasteiger partial charge in [-0.25, -0.2) is 0 Å². The second-order valence-corrected chi connectivity index (χ2v) is 6.90. The van der Waals surface area contributed by atoms with Gasteiger partial charge in [0.2, 0.25) is 0 Å². The molecule has 1 unspecified atom stereocenters. The van der Waals surface area contributed by atoms with Crippen molar-refractivity contribution in [2.45, 2.75) is 33.4 Å². The molecule has 132 valence electrons. The molecule has 0 aliphatic carbocycles. The molecule has 0 spiro atoms. The predicted molar refractivity (Wildman–Crippen MR) is 95.4 cm³/mol. The van der Waals surface area contributed by atoms with E-state index in [0.717, 1.165) is 0 Å². The minimum Gasteiger partial charge on any atom is -0.350 e. The lowest BCUT2D eigenvalue weighted by Gasteiger charge is -2.37. The average molecular weight is 340 g/mol. The van der Waals surface area contributed by atoms with Crippen LogP contribution in [-0.2, 0) is 6.54 Å². The highest BCUT2D eigenvalue weighted by Gasteiger charge is 2.32. The van der Waals surface area contributed by atoms with Gasteiger partial charge in [0.05, 0.1) is 11.6 Å². The summed E-state index contributed by atoms with van der Waals surface area (Å²) in [6, 6.07) is 7.20. The zero-order chi connectivity index (χ0) is 18.0. The van der Waals surface area contributed by atoms with E-state index in [0.29, 0.717) is 42.5 Å². The van der Waals surface area contributed by atoms with Crippen molar-refractivity contribution in [1.82, 2.24) is 19.8 Å². The molecule has 0 radical (unpaired) electrons. The van der Waals surface area contributed by atoms with E-state index >= 15 is 0 Å². The number of carbonyl (C=O) groups is 2. The Morgan fingerprint density at radius 1 is 1.36 bits per heavy atom. The van der Waals surface area contributed by atoms with Gasteiger partial charge in [0.1, 0.15) is 5.69 Å². The summed E-state index contributed by atoms with van der Waals surface area (Å²) in [4.78, 5) is 31.3. The lowest BCUT2D eigenvalue weighted by Crippen LogP contribution is -2.53. The fourth-order valence-corrected chi connectivity index (χ4v) is 3.24. The molecule has 3 heterocycles. The smallest absolute Gasteiger partial charge is 0.270 e. The molecule has 1 aliphatic rings. The van der Waals surface area contributed by atoms with Gasteiger partial charge < -0.3 is 14.8 Å². The summed E-state index contributed by atoms with van der Waals surface area (Å²) in [5, 5.41) is 2.97. The summed E-state index contributed by atoms with van der Waals surface area (Å²) in [6.45, 7) is 7.79. The van der Waals surface area contributed by atoms with Crippen molar-refractivity contribution in [2.24, 2.45) is 5.92 Å². The maximum absolute atomic E-state index is 12.8. The van der Waals surface area contributed by atoms with Gasteiger partial charge in [-0.05, 0) is 37.1 Å². The number of fused-ring (bicyclic) bond motifs is 1. The van der Waals surface area contributed by atoms with E-state index in [2.05, 4.69) is 24.1 Å². The Bertz CT molecular complexity index is 781. The number of amides is 2. The van der Waals surface area contributed by atoms with Crippen LogP contribution in [0.1, 0.15) is 40.4 Å². The molecule has 0 saturated heterocycles. The molecule has 2 aromatic rings. The van der Waals surface area contributed by atoms with Crippen molar-refractivity contribution >= 4 is 11.8 Å². The van der Waals surface area contributed by atoms with Gasteiger partial charge in [-0.2, -0.15) is 0 Å². The SMILES string of the molecule is Cc1ncccc1C(=O)NCC1Cn2cccc2C(=O)N1CC(C)C. The lowest BCUT2D eigenvalue weighted by molar-refractivity contribution is 0.0553. The van der Waals surface area contributed by atoms with Crippen LogP contribution in [0.15, 0.2) is 36.7 Å². The van der Waals surface area contributed by atoms with Crippen LogP contribution in [0.3, 0.4) is 0 Å². The highest BCUT2D eigenvalue weighted by atomic mass is 16.2. The van der Waals surface area contributed by atoms with Gasteiger partial charge >= 0.3 is 0 Å². The van der Waals surface area contributed by atoms with Crippen molar-refractivity contribution in [3.8, 4) is 0 Å². The zero-order valence-electron chi connectivity index (χ0n) is 14.9. The van der Waals surface area contributed by atoms with E-state index in [1.807, 2.05) is 34.7 Å². The van der Waals surface area contributed by atoms with Gasteiger partial charge in [-0.1, -0.05) is 13.8 Å². The van der Waals surface area contributed by atoms with E-state index in [4.69, 9.17) is 0 Å². The first-order valence-electron chi connectivity index (χ1n) is 8.63. The minimum atomic E-state index is -0.152. The van der Waals surface area contributed by atoms with Crippen molar-refractivity contribution < 1.29 is 9.59 Å². The number of rotatable bonds is 5. The molecule has 6 nitrogen and oxygen atoms in total. The van der Waals surface area contributed by atoms with Crippen LogP contribution in [0.25, 0.3) is 0 Å². The first-order chi connectivity index (χ1) is 12.0. The number of aromatic nitrogens is 2. The Kier molecular flexibility index (Phi) is 4.88. The van der Waals surface area contributed by atoms with Crippen LogP contribution in [0.2, 0.25) is 0 Å². The highest BCUT2D eigenvalue weighted by Crippen LogP contribution is 2.19. The topological polar surface area (TPSA) is 67.2 Å². The van der Waals surface area contributed by atoms with E-state index in [1.165, 1.54) is 0 Å². The molecule has 2 amide bonds. The van der Waals surface area contributed by atoms with Gasteiger partial charge in [0.25, 0.3) is 11.8 Å². The summed E-state index contributed by atoms with van der Waals surface area (Å²) < 4.78 is 1.96. The third-order valence-corrected chi connectivity index (χ3v) is 4.47. The zero-order valence-corrected chi connectivity index (χ0v) is 14.9. The quantitative estimate of drug-likeness (QED) is 0.906. The Morgan fingerprint density at radius 3 is 2.88 bits per heavy atom. The summed E-state index contributed by atoms with van der Waals surface area (Å²) in [5.41, 5.74) is 1.99. The first-order valence-corrected chi connectivity index (χ1v) is 8.63. The molecule has 6 heteroatoms. The molecule has 0 fully saturated rings. The summed E-state index contributed by atoms with van der Waals surface area (Å²) in [7, 11) is 0. The van der Waals surface area contributed by atoms with Crippen LogP contribution >= 0.6 is 0 Å². The fraction of sp³-hybridized carbons (Fsp3) is 0.421. The third-order valence-electron chi connectivity index (χ3n) is 4.47. The molecule has 2 aromatic heterocycles. The molecule has 3 rings (SSSR count). The minimum absolute atomic E-state index is 0.0294. The van der Waals surface area contributed by atoms with Gasteiger partial charge in [-0.15, -0.1) is 0 Å². The number of hydrogen-bond acceptors (Lipinski definition) is 3. The molecular formula is C19H24N4O2. The number of nitrogens with zero attached hydrogens (tertiary/aromatic N) is 3. The fourth-order valence-electron chi connectivity index (χ4n) is 3.24. The van der Waals surface area contributed by atoms with Gasteiger partial charge in [0, 0.05) is 37.7 Å². The Labute approximate surface area is 147 Å². The predicted octanol–water partition coefficient (Wildman–Crippen LogP) is 2.10. The van der Waals surface area contributed by atoms with Crippen LogP contribution in [0, 0.1) is 12.8 Å². The number of hydrogen-bond donors (Lipinski definition) is 1. The van der Waals surface area contributed by atoms with Crippen LogP contribution in [-0.4, -0.2) is 45.4 Å². The maximum atomic E-state index is 12.8. The molecule has 0 bridgehead atoms. The van der Waals surface area contributed by atoms with Crippen molar-refractivity contribution in [3.05, 3.63) is 53.6 Å². The second kappa shape index (κ2) is 7.09. The summed E-state index contributed by atoms with van der Waals surface area (Å²) >= 11 is 0. The molecule has 1 atom stereocenters. The largest absolute Gasteiger partial charge is 0.350 e. The third kappa shape index (κ3) is 3.57. The monoisotopic (exact) mass is 340 g/mol. The van der Waals surface area contributed by atoms with Crippen LogP contribution in [0.5, 0.6) is 0 Å². The Morgan fingerprint density at radius 2 is 2.16 bits per heavy atom. The number of carbonyl (C=O) groups excluding carboxylic acids is 2. The van der Waals surface area contributed by atoms with Gasteiger partial charge in [0.15, 0.2) is 0 Å². The molecule has 25 heavy (non-hydrogen) atoms. The highest BCUT2D eigenvalue weighted by molar-refractivity contribution is 5.95. The molecule has 1 N–H and O–H groups in total. The number of pyridine rings is 1. The van der Waals surface area contributed by atoms with Crippen molar-refractivity contribution in [3.63, 3.8) is 0 Å². The van der Waals surface area contributed by atoms with Crippen LogP contribution < -0.4 is 5.32 Å². The van der Waals surface area contributed by atoms with E-state index in [-0.39, 0.29) is 17.9 Å².